The zero-order chi connectivity index (χ0) is 11.6. The minimum atomic E-state index is -0.406. The van der Waals surface area contributed by atoms with Gasteiger partial charge in [-0.25, -0.2) is 4.79 Å². The zero-order valence-electron chi connectivity index (χ0n) is 9.26. The van der Waals surface area contributed by atoms with Gasteiger partial charge in [0.05, 0.1) is 5.57 Å². The van der Waals surface area contributed by atoms with E-state index >= 15 is 0 Å². The molecule has 0 unspecified atom stereocenters. The molecule has 0 saturated carbocycles. The molecule has 0 amide bonds. The number of carbonyl (C=O) groups excluding carboxylic acids is 1. The molecule has 0 atom stereocenters. The molecule has 0 aromatic carbocycles. The Kier molecular flexibility index (Phi) is 3.40. The number of hydrogen-bond acceptors (Lipinski definition) is 2. The lowest BCUT2D eigenvalue weighted by Gasteiger charge is -2.30. The third kappa shape index (κ3) is 3.24. The van der Waals surface area contributed by atoms with E-state index in [1.54, 1.807) is 12.2 Å². The summed E-state index contributed by atoms with van der Waals surface area (Å²) in [6.45, 7) is 9.25. The van der Waals surface area contributed by atoms with Crippen LogP contribution in [0.5, 0.6) is 0 Å². The van der Waals surface area contributed by atoms with E-state index < -0.39 is 5.60 Å². The number of esters is 1. The predicted octanol–water partition coefficient (Wildman–Crippen LogP) is 3.34. The molecule has 0 N–H and O–H groups in total. The quantitative estimate of drug-likeness (QED) is 0.533. The fraction of sp³-hybridized carbons (Fsp3) is 0.417. The van der Waals surface area contributed by atoms with Crippen LogP contribution >= 0.6 is 11.6 Å². The normalized spacial score (nSPS) is 20.7. The molecule has 0 bridgehead atoms. The van der Waals surface area contributed by atoms with Crippen LogP contribution < -0.4 is 0 Å². The van der Waals surface area contributed by atoms with Crippen molar-refractivity contribution < 1.29 is 9.53 Å². The van der Waals surface area contributed by atoms with Crippen molar-refractivity contribution in [2.24, 2.45) is 0 Å². The highest BCUT2D eigenvalue weighted by molar-refractivity contribution is 6.30. The monoisotopic (exact) mass is 226 g/mol. The minimum absolute atomic E-state index is 0.294. The summed E-state index contributed by atoms with van der Waals surface area (Å²) in [6, 6.07) is 0. The molecule has 0 aromatic rings. The van der Waals surface area contributed by atoms with Crippen molar-refractivity contribution in [3.8, 4) is 0 Å². The number of rotatable bonds is 2. The van der Waals surface area contributed by atoms with E-state index in [1.165, 1.54) is 0 Å². The maximum absolute atomic E-state index is 11.6. The fourth-order valence-electron chi connectivity index (χ4n) is 1.63. The average Bonchev–Trinajstić information content (AvgIpc) is 1.98. The lowest BCUT2D eigenvalue weighted by atomic mass is 9.92. The summed E-state index contributed by atoms with van der Waals surface area (Å²) < 4.78 is 5.27. The lowest BCUT2D eigenvalue weighted by molar-refractivity contribution is -0.152. The summed E-state index contributed by atoms with van der Waals surface area (Å²) in [5, 5.41) is 0.396. The summed E-state index contributed by atoms with van der Waals surface area (Å²) in [4.78, 5) is 11.6. The van der Waals surface area contributed by atoms with Crippen molar-refractivity contribution in [3.05, 3.63) is 34.9 Å². The van der Waals surface area contributed by atoms with Crippen LogP contribution in [0.2, 0.25) is 0 Å². The van der Waals surface area contributed by atoms with E-state index in [0.717, 1.165) is 12.0 Å². The molecule has 0 radical (unpaired) electrons. The van der Waals surface area contributed by atoms with Gasteiger partial charge in [0, 0.05) is 11.5 Å². The number of allylic oxidation sites excluding steroid dienone is 2. The van der Waals surface area contributed by atoms with Gasteiger partial charge in [-0.05, 0) is 32.9 Å². The lowest BCUT2D eigenvalue weighted by Crippen LogP contribution is -2.33. The highest BCUT2D eigenvalue weighted by Crippen LogP contribution is 2.29. The van der Waals surface area contributed by atoms with Crippen LogP contribution in [0.15, 0.2) is 34.9 Å². The molecular weight excluding hydrogens is 212 g/mol. The van der Waals surface area contributed by atoms with E-state index in [0.29, 0.717) is 10.6 Å². The van der Waals surface area contributed by atoms with Crippen LogP contribution in [0.1, 0.15) is 27.2 Å². The molecule has 0 saturated heterocycles. The van der Waals surface area contributed by atoms with Crippen LogP contribution in [-0.2, 0) is 9.53 Å². The molecule has 0 spiro atoms. The van der Waals surface area contributed by atoms with Gasteiger partial charge in [0.25, 0.3) is 0 Å². The number of halogens is 1. The third-order valence-corrected chi connectivity index (χ3v) is 2.30. The van der Waals surface area contributed by atoms with Crippen molar-refractivity contribution in [1.29, 1.82) is 0 Å². The molecule has 1 heterocycles. The predicted molar refractivity (Wildman–Crippen MR) is 61.6 cm³/mol. The van der Waals surface area contributed by atoms with Gasteiger partial charge in [0.1, 0.15) is 5.60 Å². The second kappa shape index (κ2) is 4.23. The minimum Gasteiger partial charge on any atom is -0.456 e. The highest BCUT2D eigenvalue weighted by Gasteiger charge is 2.31. The first-order valence-electron chi connectivity index (χ1n) is 4.77. The van der Waals surface area contributed by atoms with Gasteiger partial charge in [-0.2, -0.15) is 0 Å². The van der Waals surface area contributed by atoms with Gasteiger partial charge >= 0.3 is 5.97 Å². The Balaban J connectivity index is 2.97. The number of cyclic esters (lactones) is 1. The molecule has 1 aliphatic heterocycles. The van der Waals surface area contributed by atoms with Crippen molar-refractivity contribution >= 4 is 17.6 Å². The maximum Gasteiger partial charge on any atom is 0.338 e. The highest BCUT2D eigenvalue weighted by atomic mass is 35.5. The van der Waals surface area contributed by atoms with Crippen molar-refractivity contribution in [1.82, 2.24) is 0 Å². The molecule has 0 fully saturated rings. The van der Waals surface area contributed by atoms with Crippen LogP contribution in [0.4, 0.5) is 0 Å². The van der Waals surface area contributed by atoms with Crippen LogP contribution in [0.3, 0.4) is 0 Å². The number of hydrogen-bond donors (Lipinski definition) is 0. The van der Waals surface area contributed by atoms with Gasteiger partial charge in [-0.15, -0.1) is 0 Å². The van der Waals surface area contributed by atoms with Gasteiger partial charge in [0.2, 0.25) is 0 Å². The number of carbonyl (C=O) groups is 1. The molecule has 3 heteroatoms. The Labute approximate surface area is 95.3 Å². The van der Waals surface area contributed by atoms with E-state index in [2.05, 4.69) is 6.58 Å². The first-order valence-corrected chi connectivity index (χ1v) is 5.15. The van der Waals surface area contributed by atoms with Crippen molar-refractivity contribution in [2.75, 3.05) is 0 Å². The van der Waals surface area contributed by atoms with Crippen molar-refractivity contribution in [2.45, 2.75) is 32.8 Å². The smallest absolute Gasteiger partial charge is 0.338 e. The van der Waals surface area contributed by atoms with Gasteiger partial charge in [-0.1, -0.05) is 23.8 Å². The van der Waals surface area contributed by atoms with E-state index in [4.69, 9.17) is 16.3 Å². The molecule has 1 aliphatic rings. The van der Waals surface area contributed by atoms with Crippen LogP contribution in [0, 0.1) is 0 Å². The van der Waals surface area contributed by atoms with E-state index in [9.17, 15) is 4.79 Å². The summed E-state index contributed by atoms with van der Waals surface area (Å²) >= 11 is 5.59. The Bertz CT molecular complexity index is 362. The molecule has 15 heavy (non-hydrogen) atoms. The van der Waals surface area contributed by atoms with Crippen LogP contribution in [0.25, 0.3) is 0 Å². The summed E-state index contributed by atoms with van der Waals surface area (Å²) in [7, 11) is 0. The summed E-state index contributed by atoms with van der Waals surface area (Å²) in [5.41, 5.74) is 1.19. The Morgan fingerprint density at radius 3 is 2.67 bits per heavy atom. The first-order chi connectivity index (χ1) is 6.82. The molecule has 2 nitrogen and oxygen atoms in total. The van der Waals surface area contributed by atoms with Gasteiger partial charge < -0.3 is 4.74 Å². The molecular formula is C12H15ClO2. The topological polar surface area (TPSA) is 26.3 Å². The SMILES string of the molecule is C=C(Cl)/C=C\C1=C(C)CC(C)(C)OC1=O. The maximum atomic E-state index is 11.6. The zero-order valence-corrected chi connectivity index (χ0v) is 10.0. The van der Waals surface area contributed by atoms with E-state index in [1.807, 2.05) is 20.8 Å². The molecule has 0 aliphatic carbocycles. The second-order valence-electron chi connectivity index (χ2n) is 4.30. The Morgan fingerprint density at radius 2 is 2.20 bits per heavy atom. The van der Waals surface area contributed by atoms with Gasteiger partial charge in [-0.3, -0.25) is 0 Å². The average molecular weight is 227 g/mol. The Morgan fingerprint density at radius 1 is 1.60 bits per heavy atom. The van der Waals surface area contributed by atoms with Gasteiger partial charge in [0.15, 0.2) is 0 Å². The molecule has 1 rings (SSSR count). The molecule has 82 valence electrons. The summed E-state index contributed by atoms with van der Waals surface area (Å²) in [5.74, 6) is -0.294. The largest absolute Gasteiger partial charge is 0.456 e. The second-order valence-corrected chi connectivity index (χ2v) is 4.79. The molecule has 0 aromatic heterocycles. The fourth-order valence-corrected chi connectivity index (χ4v) is 1.70. The third-order valence-electron chi connectivity index (χ3n) is 2.17. The standard InChI is InChI=1S/C12H15ClO2/c1-8-7-12(3,4)15-11(14)10(8)6-5-9(2)13/h5-6H,2,7H2,1,3-4H3/b6-5-. The van der Waals surface area contributed by atoms with E-state index in [-0.39, 0.29) is 5.97 Å². The number of ether oxygens (including phenoxy) is 1. The first kappa shape index (κ1) is 12.1. The Hall–Kier alpha value is -1.02. The summed E-state index contributed by atoms with van der Waals surface area (Å²) in [6.07, 6.45) is 4.00. The van der Waals surface area contributed by atoms with Crippen LogP contribution in [-0.4, -0.2) is 11.6 Å². The van der Waals surface area contributed by atoms with Crippen molar-refractivity contribution in [3.63, 3.8) is 0 Å².